The fourth-order valence-corrected chi connectivity index (χ4v) is 2.57. The number of carbonyl (C=O) groups excluding carboxylic acids is 1. The van der Waals surface area contributed by atoms with E-state index in [9.17, 15) is 4.79 Å². The highest BCUT2D eigenvalue weighted by molar-refractivity contribution is 6.29. The third kappa shape index (κ3) is 2.92. The molecule has 0 aliphatic heterocycles. The van der Waals surface area contributed by atoms with Gasteiger partial charge in [-0.05, 0) is 49.8 Å². The van der Waals surface area contributed by atoms with E-state index in [1.807, 2.05) is 31.3 Å². The molecule has 0 atom stereocenters. The maximum absolute atomic E-state index is 11.1. The molecule has 3 aromatic rings. The highest BCUT2D eigenvalue weighted by Crippen LogP contribution is 2.27. The number of ketones is 1. The van der Waals surface area contributed by atoms with Gasteiger partial charge in [0.1, 0.15) is 10.8 Å². The van der Waals surface area contributed by atoms with Crippen molar-refractivity contribution in [3.8, 4) is 11.1 Å². The van der Waals surface area contributed by atoms with Crippen LogP contribution in [0.5, 0.6) is 0 Å². The summed E-state index contributed by atoms with van der Waals surface area (Å²) in [7, 11) is 0. The zero-order valence-corrected chi connectivity index (χ0v) is 13.0. The van der Waals surface area contributed by atoms with Crippen LogP contribution in [0.3, 0.4) is 0 Å². The third-order valence-corrected chi connectivity index (χ3v) is 3.51. The normalized spacial score (nSPS) is 11.4. The van der Waals surface area contributed by atoms with Gasteiger partial charge in [-0.25, -0.2) is 9.97 Å². The summed E-state index contributed by atoms with van der Waals surface area (Å²) in [6.45, 7) is 3.43. The van der Waals surface area contributed by atoms with E-state index in [1.54, 1.807) is 18.3 Å². The molecule has 0 amide bonds. The molecule has 0 saturated carbocycles. The highest BCUT2D eigenvalue weighted by Gasteiger charge is 2.07. The number of nitrogens with zero attached hydrogens (tertiary/aromatic N) is 2. The largest absolute Gasteiger partial charge is 0.346 e. The maximum Gasteiger partial charge on any atom is 0.152 e. The average Bonchev–Trinajstić information content (AvgIpc) is 2.86. The number of pyridine rings is 2. The molecule has 3 rings (SSSR count). The lowest BCUT2D eigenvalue weighted by atomic mass is 10.1. The first-order valence-corrected chi connectivity index (χ1v) is 7.21. The van der Waals surface area contributed by atoms with Crippen LogP contribution in [0, 0.1) is 6.92 Å². The quantitative estimate of drug-likeness (QED) is 0.583. The summed E-state index contributed by atoms with van der Waals surface area (Å²) >= 11 is 6.03. The molecule has 0 fully saturated rings. The topological polar surface area (TPSA) is 58.6 Å². The summed E-state index contributed by atoms with van der Waals surface area (Å²) < 4.78 is 0. The molecule has 3 aromatic heterocycles. The molecule has 0 aromatic carbocycles. The predicted molar refractivity (Wildman–Crippen MR) is 88.8 cm³/mol. The van der Waals surface area contributed by atoms with Gasteiger partial charge >= 0.3 is 0 Å². The van der Waals surface area contributed by atoms with Crippen molar-refractivity contribution in [1.29, 1.82) is 0 Å². The van der Waals surface area contributed by atoms with E-state index in [-0.39, 0.29) is 5.78 Å². The molecule has 0 radical (unpaired) electrons. The molecular formula is C17H14ClN3O. The summed E-state index contributed by atoms with van der Waals surface area (Å²) in [6.07, 6.45) is 6.97. The van der Waals surface area contributed by atoms with E-state index >= 15 is 0 Å². The SMILES string of the molecule is CC(=O)/C=C/c1c[nH]c2ncc(-c3cc(C)nc(Cl)c3)cc12. The molecule has 0 aliphatic rings. The number of aromatic amines is 1. The Labute approximate surface area is 132 Å². The van der Waals surface area contributed by atoms with Crippen LogP contribution in [-0.4, -0.2) is 20.7 Å². The van der Waals surface area contributed by atoms with E-state index in [0.29, 0.717) is 5.15 Å². The Balaban J connectivity index is 2.12. The van der Waals surface area contributed by atoms with Gasteiger partial charge in [0, 0.05) is 34.6 Å². The molecule has 5 heteroatoms. The molecule has 0 saturated heterocycles. The zero-order valence-electron chi connectivity index (χ0n) is 12.2. The van der Waals surface area contributed by atoms with Gasteiger partial charge in [0.05, 0.1) is 0 Å². The van der Waals surface area contributed by atoms with Gasteiger partial charge in [-0.3, -0.25) is 4.79 Å². The standard InChI is InChI=1S/C17H14ClN3O/c1-10-5-13(7-16(18)21-10)14-6-15-12(4-3-11(2)22)8-19-17(15)20-9-14/h3-9H,1-2H3,(H,19,20)/b4-3+. The van der Waals surface area contributed by atoms with Crippen LogP contribution < -0.4 is 0 Å². The van der Waals surface area contributed by atoms with Crippen LogP contribution in [0.1, 0.15) is 18.2 Å². The number of allylic oxidation sites excluding steroid dienone is 1. The smallest absolute Gasteiger partial charge is 0.152 e. The second-order valence-electron chi connectivity index (χ2n) is 5.13. The summed E-state index contributed by atoms with van der Waals surface area (Å²) in [5.74, 6) is 0.00926. The Bertz CT molecular complexity index is 876. The highest BCUT2D eigenvalue weighted by atomic mass is 35.5. The number of nitrogens with one attached hydrogen (secondary N) is 1. The van der Waals surface area contributed by atoms with Gasteiger partial charge in [-0.15, -0.1) is 0 Å². The first-order valence-electron chi connectivity index (χ1n) is 6.83. The van der Waals surface area contributed by atoms with Crippen molar-refractivity contribution >= 4 is 34.5 Å². The van der Waals surface area contributed by atoms with Crippen LogP contribution in [-0.2, 0) is 4.79 Å². The molecule has 0 aliphatic carbocycles. The molecule has 0 unspecified atom stereocenters. The summed E-state index contributed by atoms with van der Waals surface area (Å²) in [4.78, 5) is 22.8. The number of aryl methyl sites for hydroxylation is 1. The van der Waals surface area contributed by atoms with Gasteiger partial charge in [-0.2, -0.15) is 0 Å². The Morgan fingerprint density at radius 3 is 2.82 bits per heavy atom. The van der Waals surface area contributed by atoms with Crippen molar-refractivity contribution < 1.29 is 4.79 Å². The number of halogens is 1. The maximum atomic E-state index is 11.1. The summed E-state index contributed by atoms with van der Waals surface area (Å²) in [5.41, 5.74) is 4.49. The molecule has 0 bridgehead atoms. The lowest BCUT2D eigenvalue weighted by molar-refractivity contribution is -0.112. The molecule has 22 heavy (non-hydrogen) atoms. The average molecular weight is 312 g/mol. The number of hydrogen-bond acceptors (Lipinski definition) is 3. The van der Waals surface area contributed by atoms with Crippen molar-refractivity contribution in [2.45, 2.75) is 13.8 Å². The van der Waals surface area contributed by atoms with Crippen molar-refractivity contribution in [2.75, 3.05) is 0 Å². The van der Waals surface area contributed by atoms with Crippen LogP contribution >= 0.6 is 11.6 Å². The van der Waals surface area contributed by atoms with Crippen LogP contribution in [0.25, 0.3) is 28.2 Å². The van der Waals surface area contributed by atoms with Gasteiger partial charge in [-0.1, -0.05) is 11.6 Å². The predicted octanol–water partition coefficient (Wildman–Crippen LogP) is 4.19. The van der Waals surface area contributed by atoms with Crippen molar-refractivity contribution in [1.82, 2.24) is 15.0 Å². The molecule has 3 heterocycles. The Morgan fingerprint density at radius 2 is 2.09 bits per heavy atom. The Hall–Kier alpha value is -2.46. The Kier molecular flexibility index (Phi) is 3.77. The van der Waals surface area contributed by atoms with E-state index in [1.165, 1.54) is 6.92 Å². The molecule has 0 spiro atoms. The van der Waals surface area contributed by atoms with E-state index in [2.05, 4.69) is 15.0 Å². The van der Waals surface area contributed by atoms with E-state index in [0.717, 1.165) is 33.4 Å². The van der Waals surface area contributed by atoms with Gasteiger partial charge < -0.3 is 4.98 Å². The number of hydrogen-bond donors (Lipinski definition) is 1. The van der Waals surface area contributed by atoms with Crippen molar-refractivity contribution in [3.63, 3.8) is 0 Å². The minimum Gasteiger partial charge on any atom is -0.346 e. The van der Waals surface area contributed by atoms with Crippen molar-refractivity contribution in [2.24, 2.45) is 0 Å². The number of aromatic nitrogens is 3. The second kappa shape index (κ2) is 5.73. The lowest BCUT2D eigenvalue weighted by Gasteiger charge is -2.04. The van der Waals surface area contributed by atoms with Crippen LogP contribution in [0.2, 0.25) is 5.15 Å². The minimum absolute atomic E-state index is 0.00926. The fourth-order valence-electron chi connectivity index (χ4n) is 2.32. The first kappa shape index (κ1) is 14.5. The van der Waals surface area contributed by atoms with E-state index in [4.69, 9.17) is 11.6 Å². The number of fused-ring (bicyclic) bond motifs is 1. The minimum atomic E-state index is 0.00926. The Morgan fingerprint density at radius 1 is 1.27 bits per heavy atom. The monoisotopic (exact) mass is 311 g/mol. The van der Waals surface area contributed by atoms with Crippen LogP contribution in [0.15, 0.2) is 36.7 Å². The first-order chi connectivity index (χ1) is 10.5. The molecular weight excluding hydrogens is 298 g/mol. The lowest BCUT2D eigenvalue weighted by Crippen LogP contribution is -1.87. The summed E-state index contributed by atoms with van der Waals surface area (Å²) in [5, 5.41) is 1.42. The molecule has 1 N–H and O–H groups in total. The molecule has 110 valence electrons. The zero-order chi connectivity index (χ0) is 15.7. The molecule has 4 nitrogen and oxygen atoms in total. The van der Waals surface area contributed by atoms with Gasteiger partial charge in [0.15, 0.2) is 5.78 Å². The fraction of sp³-hybridized carbons (Fsp3) is 0.118. The third-order valence-electron chi connectivity index (χ3n) is 3.32. The number of rotatable bonds is 3. The van der Waals surface area contributed by atoms with Gasteiger partial charge in [0.2, 0.25) is 0 Å². The second-order valence-corrected chi connectivity index (χ2v) is 5.52. The van der Waals surface area contributed by atoms with Crippen molar-refractivity contribution in [3.05, 3.63) is 53.1 Å². The van der Waals surface area contributed by atoms with Crippen LogP contribution in [0.4, 0.5) is 0 Å². The summed E-state index contributed by atoms with van der Waals surface area (Å²) in [6, 6.07) is 5.81. The van der Waals surface area contributed by atoms with Gasteiger partial charge in [0.25, 0.3) is 0 Å². The number of H-pyrrole nitrogens is 1. The van der Waals surface area contributed by atoms with E-state index < -0.39 is 0 Å². The number of carbonyl (C=O) groups is 1.